The summed E-state index contributed by atoms with van der Waals surface area (Å²) in [5, 5.41) is 11.5. The first kappa shape index (κ1) is 24.8. The lowest BCUT2D eigenvalue weighted by molar-refractivity contribution is -0.132. The van der Waals surface area contributed by atoms with Gasteiger partial charge >= 0.3 is 0 Å². The van der Waals surface area contributed by atoms with E-state index in [4.69, 9.17) is 4.74 Å². The number of benzene rings is 3. The molecule has 5 nitrogen and oxygen atoms in total. The summed E-state index contributed by atoms with van der Waals surface area (Å²) in [7, 11) is 0. The fraction of sp³-hybridized carbons (Fsp3) is 0.312. The quantitative estimate of drug-likeness (QED) is 0.234. The molecule has 0 aromatic heterocycles. The molecule has 1 fully saturated rings. The molecule has 190 valence electrons. The van der Waals surface area contributed by atoms with Crippen molar-refractivity contribution in [1.29, 1.82) is 0 Å². The van der Waals surface area contributed by atoms with Crippen LogP contribution in [0.4, 0.5) is 5.69 Å². The Morgan fingerprint density at radius 1 is 0.973 bits per heavy atom. The van der Waals surface area contributed by atoms with E-state index in [0.29, 0.717) is 35.1 Å². The predicted molar refractivity (Wildman–Crippen MR) is 146 cm³/mol. The van der Waals surface area contributed by atoms with Crippen LogP contribution in [-0.2, 0) is 22.4 Å². The van der Waals surface area contributed by atoms with E-state index in [9.17, 15) is 14.7 Å². The molecular weight excluding hydrogens is 462 g/mol. The fourth-order valence-electron chi connectivity index (χ4n) is 5.41. The minimum absolute atomic E-state index is 0.0994. The second kappa shape index (κ2) is 10.3. The van der Waals surface area contributed by atoms with Crippen molar-refractivity contribution >= 4 is 23.1 Å². The molecule has 1 unspecified atom stereocenters. The van der Waals surface area contributed by atoms with Crippen LogP contribution >= 0.6 is 0 Å². The van der Waals surface area contributed by atoms with Gasteiger partial charge in [-0.05, 0) is 91.1 Å². The molecule has 5 heteroatoms. The number of anilines is 1. The van der Waals surface area contributed by atoms with E-state index in [2.05, 4.69) is 13.8 Å². The molecule has 1 saturated heterocycles. The fourth-order valence-corrected chi connectivity index (χ4v) is 5.41. The van der Waals surface area contributed by atoms with E-state index in [1.807, 2.05) is 73.7 Å². The van der Waals surface area contributed by atoms with E-state index in [1.54, 1.807) is 0 Å². The van der Waals surface area contributed by atoms with Crippen LogP contribution < -0.4 is 9.64 Å². The number of aryl methyl sites for hydroxylation is 2. The maximum Gasteiger partial charge on any atom is 0.300 e. The lowest BCUT2D eigenvalue weighted by Gasteiger charge is -2.26. The monoisotopic (exact) mass is 495 g/mol. The molecular formula is C32H33NO4. The van der Waals surface area contributed by atoms with Gasteiger partial charge in [0.1, 0.15) is 11.5 Å². The lowest BCUT2D eigenvalue weighted by Crippen LogP contribution is -2.29. The van der Waals surface area contributed by atoms with Crippen LogP contribution in [0.2, 0.25) is 0 Å². The maximum absolute atomic E-state index is 13.5. The molecule has 0 spiro atoms. The predicted octanol–water partition coefficient (Wildman–Crippen LogP) is 6.71. The van der Waals surface area contributed by atoms with Crippen LogP contribution in [0.25, 0.3) is 5.76 Å². The van der Waals surface area contributed by atoms with Gasteiger partial charge < -0.3 is 9.84 Å². The van der Waals surface area contributed by atoms with Crippen LogP contribution in [0.15, 0.2) is 72.3 Å². The molecule has 1 atom stereocenters. The standard InChI is InChI=1S/C32H33NO4/c1-4-37-27-11-7-10-24(19-27)29-28(30(34)25-13-12-22-8-5-6-9-23(22)18-25)31(35)32(36)33(29)26-16-14-21(15-17-26)20(2)3/h7,10-20,29,34H,4-6,8-9H2,1-3H3/b30-28-. The Labute approximate surface area is 218 Å². The van der Waals surface area contributed by atoms with E-state index in [0.717, 1.165) is 31.2 Å². The molecule has 5 rings (SSSR count). The Balaban J connectivity index is 1.67. The van der Waals surface area contributed by atoms with Gasteiger partial charge in [0.25, 0.3) is 11.7 Å². The molecule has 3 aromatic carbocycles. The number of Topliss-reactive ketones (excluding diaryl/α,β-unsaturated/α-hetero) is 1. The molecule has 37 heavy (non-hydrogen) atoms. The normalized spacial score (nSPS) is 18.8. The van der Waals surface area contributed by atoms with Crippen molar-refractivity contribution in [3.05, 3.63) is 100 Å². The van der Waals surface area contributed by atoms with Crippen LogP contribution in [-0.4, -0.2) is 23.4 Å². The number of ketones is 1. The van der Waals surface area contributed by atoms with Gasteiger partial charge in [-0.1, -0.05) is 50.2 Å². The highest BCUT2D eigenvalue weighted by Crippen LogP contribution is 2.43. The third kappa shape index (κ3) is 4.66. The SMILES string of the molecule is CCOc1cccc(C2/C(=C(/O)c3ccc4c(c3)CCCC4)C(=O)C(=O)N2c2ccc(C(C)C)cc2)c1. The number of hydrogen-bond acceptors (Lipinski definition) is 4. The highest BCUT2D eigenvalue weighted by molar-refractivity contribution is 6.51. The van der Waals surface area contributed by atoms with Gasteiger partial charge in [-0.3, -0.25) is 14.5 Å². The van der Waals surface area contributed by atoms with Crippen molar-refractivity contribution < 1.29 is 19.4 Å². The Kier molecular flexibility index (Phi) is 6.88. The first-order valence-corrected chi connectivity index (χ1v) is 13.1. The zero-order chi connectivity index (χ0) is 26.1. The number of nitrogens with zero attached hydrogens (tertiary/aromatic N) is 1. The molecule has 0 saturated carbocycles. The average Bonchev–Trinajstić information content (AvgIpc) is 3.18. The average molecular weight is 496 g/mol. The second-order valence-electron chi connectivity index (χ2n) is 10.1. The minimum Gasteiger partial charge on any atom is -0.507 e. The number of carbonyl (C=O) groups is 2. The van der Waals surface area contributed by atoms with Crippen molar-refractivity contribution in [2.24, 2.45) is 0 Å². The number of amides is 1. The van der Waals surface area contributed by atoms with Crippen molar-refractivity contribution in [3.63, 3.8) is 0 Å². The number of carbonyl (C=O) groups excluding carboxylic acids is 2. The van der Waals surface area contributed by atoms with Crippen LogP contribution in [0.1, 0.15) is 73.4 Å². The molecule has 0 radical (unpaired) electrons. The number of fused-ring (bicyclic) bond motifs is 1. The molecule has 1 N–H and O–H groups in total. The number of aliphatic hydroxyl groups excluding tert-OH is 1. The summed E-state index contributed by atoms with van der Waals surface area (Å²) < 4.78 is 5.72. The zero-order valence-corrected chi connectivity index (χ0v) is 21.7. The number of rotatable bonds is 6. The summed E-state index contributed by atoms with van der Waals surface area (Å²) in [5.41, 5.74) is 5.62. The summed E-state index contributed by atoms with van der Waals surface area (Å²) in [4.78, 5) is 28.5. The lowest BCUT2D eigenvalue weighted by atomic mass is 9.88. The van der Waals surface area contributed by atoms with E-state index >= 15 is 0 Å². The Bertz CT molecular complexity index is 1370. The molecule has 2 aliphatic rings. The molecule has 0 bridgehead atoms. The number of hydrogen-bond donors (Lipinski definition) is 1. The van der Waals surface area contributed by atoms with Crippen LogP contribution in [0.5, 0.6) is 5.75 Å². The smallest absolute Gasteiger partial charge is 0.300 e. The Hall–Kier alpha value is -3.86. The third-order valence-electron chi connectivity index (χ3n) is 7.39. The van der Waals surface area contributed by atoms with Gasteiger partial charge in [0.15, 0.2) is 0 Å². The summed E-state index contributed by atoms with van der Waals surface area (Å²) in [6.07, 6.45) is 4.25. The summed E-state index contributed by atoms with van der Waals surface area (Å²) in [6.45, 7) is 6.62. The third-order valence-corrected chi connectivity index (χ3v) is 7.39. The zero-order valence-electron chi connectivity index (χ0n) is 21.7. The van der Waals surface area contributed by atoms with Gasteiger partial charge in [0, 0.05) is 11.3 Å². The van der Waals surface area contributed by atoms with Crippen molar-refractivity contribution in [2.45, 2.75) is 58.4 Å². The van der Waals surface area contributed by atoms with Crippen molar-refractivity contribution in [1.82, 2.24) is 0 Å². The molecule has 1 aliphatic carbocycles. The molecule has 3 aromatic rings. The van der Waals surface area contributed by atoms with Gasteiger partial charge in [-0.2, -0.15) is 0 Å². The van der Waals surface area contributed by atoms with Gasteiger partial charge in [-0.25, -0.2) is 0 Å². The second-order valence-corrected chi connectivity index (χ2v) is 10.1. The highest BCUT2D eigenvalue weighted by atomic mass is 16.5. The Morgan fingerprint density at radius 2 is 1.70 bits per heavy atom. The highest BCUT2D eigenvalue weighted by Gasteiger charge is 2.47. The number of ether oxygens (including phenoxy) is 1. The van der Waals surface area contributed by atoms with Crippen molar-refractivity contribution in [3.8, 4) is 5.75 Å². The van der Waals surface area contributed by atoms with Gasteiger partial charge in [0.2, 0.25) is 0 Å². The molecule has 1 amide bonds. The van der Waals surface area contributed by atoms with E-state index in [-0.39, 0.29) is 11.3 Å². The number of aliphatic hydroxyl groups is 1. The largest absolute Gasteiger partial charge is 0.507 e. The molecule has 1 heterocycles. The first-order chi connectivity index (χ1) is 17.9. The summed E-state index contributed by atoms with van der Waals surface area (Å²) in [5.74, 6) is -0.486. The summed E-state index contributed by atoms with van der Waals surface area (Å²) in [6, 6.07) is 20.2. The summed E-state index contributed by atoms with van der Waals surface area (Å²) >= 11 is 0. The first-order valence-electron chi connectivity index (χ1n) is 13.1. The Morgan fingerprint density at radius 3 is 2.41 bits per heavy atom. The van der Waals surface area contributed by atoms with Crippen molar-refractivity contribution in [2.75, 3.05) is 11.5 Å². The molecule has 1 aliphatic heterocycles. The van der Waals surface area contributed by atoms with Gasteiger partial charge in [0.05, 0.1) is 18.2 Å². The van der Waals surface area contributed by atoms with Gasteiger partial charge in [-0.15, -0.1) is 0 Å². The van der Waals surface area contributed by atoms with E-state index in [1.165, 1.54) is 16.0 Å². The van der Waals surface area contributed by atoms with E-state index < -0.39 is 17.7 Å². The maximum atomic E-state index is 13.5. The topological polar surface area (TPSA) is 66.8 Å². The van der Waals surface area contributed by atoms with Crippen LogP contribution in [0.3, 0.4) is 0 Å². The minimum atomic E-state index is -0.777. The van der Waals surface area contributed by atoms with Crippen LogP contribution in [0, 0.1) is 0 Å².